The summed E-state index contributed by atoms with van der Waals surface area (Å²) in [6, 6.07) is 46.4. The minimum atomic E-state index is -0.164. The molecule has 0 aliphatic heterocycles. The van der Waals surface area contributed by atoms with Crippen molar-refractivity contribution in [1.29, 1.82) is 0 Å². The summed E-state index contributed by atoms with van der Waals surface area (Å²) in [6.45, 7) is 4.64. The van der Waals surface area contributed by atoms with Gasteiger partial charge < -0.3 is 4.42 Å². The van der Waals surface area contributed by atoms with Gasteiger partial charge in [-0.1, -0.05) is 117 Å². The topological polar surface area (TPSA) is 56.7 Å². The molecule has 0 atom stereocenters. The number of fused-ring (bicyclic) bond motifs is 10. The lowest BCUT2D eigenvalue weighted by Gasteiger charge is -2.21. The molecule has 0 unspecified atom stereocenters. The van der Waals surface area contributed by atoms with E-state index in [1.54, 1.807) is 0 Å². The van der Waals surface area contributed by atoms with Crippen molar-refractivity contribution in [2.45, 2.75) is 19.3 Å². The van der Waals surface area contributed by atoms with Gasteiger partial charge in [0.25, 0.3) is 0 Å². The third-order valence-electron chi connectivity index (χ3n) is 9.86. The van der Waals surface area contributed by atoms with Gasteiger partial charge in [-0.15, -0.1) is 0 Å². The molecule has 1 aliphatic rings. The van der Waals surface area contributed by atoms with Crippen LogP contribution in [0.1, 0.15) is 25.0 Å². The number of nitrogens with zero attached hydrogens (tertiary/aromatic N) is 4. The highest BCUT2D eigenvalue weighted by Crippen LogP contribution is 2.51. The van der Waals surface area contributed by atoms with Crippen LogP contribution >= 0.6 is 0 Å². The standard InChI is InChI=1S/C42H28N4O/c1-42(2)32-19-11-9-17-27(32)30-23-31-28-21-22-36-37(29-18-10-12-20-35(29)47-36)38(28)46(34(31)24-33(30)42)41-44-39(25-13-5-3-6-14-25)43-40(45-41)26-15-7-4-8-16-26/h3-24H,1-2H3. The molecule has 0 N–H and O–H groups in total. The first-order valence-electron chi connectivity index (χ1n) is 16.0. The van der Waals surface area contributed by atoms with Gasteiger partial charge >= 0.3 is 0 Å². The minimum Gasteiger partial charge on any atom is -0.456 e. The third kappa shape index (κ3) is 3.68. The molecule has 0 radical (unpaired) electrons. The number of aromatic nitrogens is 4. The monoisotopic (exact) mass is 604 g/mol. The smallest absolute Gasteiger partial charge is 0.238 e. The van der Waals surface area contributed by atoms with E-state index < -0.39 is 0 Å². The highest BCUT2D eigenvalue weighted by atomic mass is 16.3. The van der Waals surface area contributed by atoms with Crippen molar-refractivity contribution >= 4 is 43.7 Å². The molecular formula is C42H28N4O. The normalized spacial score (nSPS) is 13.5. The highest BCUT2D eigenvalue weighted by molar-refractivity contribution is 6.25. The molecule has 3 heterocycles. The van der Waals surface area contributed by atoms with Crippen LogP contribution in [0.3, 0.4) is 0 Å². The molecule has 1 aliphatic carbocycles. The second kappa shape index (κ2) is 9.47. The zero-order chi connectivity index (χ0) is 31.3. The summed E-state index contributed by atoms with van der Waals surface area (Å²) in [7, 11) is 0. The van der Waals surface area contributed by atoms with E-state index in [0.717, 1.165) is 54.9 Å². The molecule has 0 bridgehead atoms. The molecule has 222 valence electrons. The summed E-state index contributed by atoms with van der Waals surface area (Å²) in [5.74, 6) is 1.83. The molecule has 0 saturated carbocycles. The predicted octanol–water partition coefficient (Wildman–Crippen LogP) is 10.5. The van der Waals surface area contributed by atoms with Gasteiger partial charge in [-0.3, -0.25) is 4.57 Å². The maximum atomic E-state index is 6.43. The van der Waals surface area contributed by atoms with Gasteiger partial charge in [-0.2, -0.15) is 9.97 Å². The van der Waals surface area contributed by atoms with Crippen molar-refractivity contribution < 1.29 is 4.42 Å². The largest absolute Gasteiger partial charge is 0.456 e. The highest BCUT2D eigenvalue weighted by Gasteiger charge is 2.36. The zero-order valence-corrected chi connectivity index (χ0v) is 25.9. The number of benzene rings is 6. The van der Waals surface area contributed by atoms with E-state index in [0.29, 0.717) is 17.6 Å². The second-order valence-electron chi connectivity index (χ2n) is 12.9. The summed E-state index contributed by atoms with van der Waals surface area (Å²) in [5, 5.41) is 4.40. The van der Waals surface area contributed by atoms with Crippen LogP contribution in [-0.4, -0.2) is 19.5 Å². The Morgan fingerprint density at radius 1 is 0.532 bits per heavy atom. The Morgan fingerprint density at radius 3 is 1.94 bits per heavy atom. The SMILES string of the molecule is CC1(C)c2ccccc2-c2cc3c4ccc5oc6ccccc6c5c4n(-c4nc(-c5ccccc5)nc(-c5ccccc5)n4)c3cc21. The maximum absolute atomic E-state index is 6.43. The van der Waals surface area contributed by atoms with Crippen LogP contribution < -0.4 is 0 Å². The Morgan fingerprint density at radius 2 is 1.19 bits per heavy atom. The van der Waals surface area contributed by atoms with Crippen molar-refractivity contribution in [2.75, 3.05) is 0 Å². The van der Waals surface area contributed by atoms with Crippen LogP contribution in [0.15, 0.2) is 138 Å². The Kier molecular flexibility index (Phi) is 5.28. The first-order chi connectivity index (χ1) is 23.1. The average molecular weight is 605 g/mol. The maximum Gasteiger partial charge on any atom is 0.238 e. The lowest BCUT2D eigenvalue weighted by Crippen LogP contribution is -2.15. The molecular weight excluding hydrogens is 576 g/mol. The number of hydrogen-bond donors (Lipinski definition) is 0. The van der Waals surface area contributed by atoms with Crippen molar-refractivity contribution in [3.8, 4) is 39.9 Å². The van der Waals surface area contributed by atoms with E-state index in [9.17, 15) is 0 Å². The molecule has 5 heteroatoms. The minimum absolute atomic E-state index is 0.164. The Balaban J connectivity index is 1.39. The van der Waals surface area contributed by atoms with Crippen LogP contribution in [0.2, 0.25) is 0 Å². The van der Waals surface area contributed by atoms with Crippen LogP contribution in [-0.2, 0) is 5.41 Å². The molecule has 0 saturated heterocycles. The molecule has 6 aromatic carbocycles. The third-order valence-corrected chi connectivity index (χ3v) is 9.86. The Hall–Kier alpha value is -6.07. The van der Waals surface area contributed by atoms with E-state index in [1.807, 2.05) is 72.8 Å². The van der Waals surface area contributed by atoms with Crippen molar-refractivity contribution in [1.82, 2.24) is 19.5 Å². The summed E-state index contributed by atoms with van der Waals surface area (Å²) < 4.78 is 8.67. The van der Waals surface area contributed by atoms with E-state index in [2.05, 4.69) is 79.1 Å². The summed E-state index contributed by atoms with van der Waals surface area (Å²) in [5.41, 5.74) is 10.7. The van der Waals surface area contributed by atoms with E-state index >= 15 is 0 Å². The first-order valence-corrected chi connectivity index (χ1v) is 16.0. The molecule has 10 rings (SSSR count). The Bertz CT molecular complexity index is 2640. The van der Waals surface area contributed by atoms with Crippen LogP contribution in [0.5, 0.6) is 0 Å². The van der Waals surface area contributed by atoms with Crippen LogP contribution in [0.4, 0.5) is 0 Å². The van der Waals surface area contributed by atoms with Crippen molar-refractivity contribution in [3.05, 3.63) is 145 Å². The first kappa shape index (κ1) is 26.2. The van der Waals surface area contributed by atoms with Crippen LogP contribution in [0.25, 0.3) is 83.6 Å². The molecule has 0 fully saturated rings. The van der Waals surface area contributed by atoms with E-state index in [-0.39, 0.29) is 5.41 Å². The number of hydrogen-bond acceptors (Lipinski definition) is 4. The predicted molar refractivity (Wildman–Crippen MR) is 190 cm³/mol. The van der Waals surface area contributed by atoms with Crippen LogP contribution in [0, 0.1) is 0 Å². The lowest BCUT2D eigenvalue weighted by molar-refractivity contribution is 0.661. The summed E-state index contributed by atoms with van der Waals surface area (Å²) >= 11 is 0. The van der Waals surface area contributed by atoms with E-state index in [4.69, 9.17) is 19.4 Å². The van der Waals surface area contributed by atoms with Crippen molar-refractivity contribution in [2.24, 2.45) is 0 Å². The molecule has 47 heavy (non-hydrogen) atoms. The lowest BCUT2D eigenvalue weighted by atomic mass is 9.82. The fraction of sp³-hybridized carbons (Fsp3) is 0.0714. The van der Waals surface area contributed by atoms with Gasteiger partial charge in [0.15, 0.2) is 11.6 Å². The van der Waals surface area contributed by atoms with E-state index in [1.165, 1.54) is 22.3 Å². The van der Waals surface area contributed by atoms with Gasteiger partial charge in [0, 0.05) is 32.7 Å². The summed E-state index contributed by atoms with van der Waals surface area (Å²) in [6.07, 6.45) is 0. The second-order valence-corrected chi connectivity index (χ2v) is 12.9. The molecule has 0 spiro atoms. The molecule has 0 amide bonds. The van der Waals surface area contributed by atoms with Gasteiger partial charge in [0.2, 0.25) is 5.95 Å². The van der Waals surface area contributed by atoms with Gasteiger partial charge in [0.1, 0.15) is 11.2 Å². The number of para-hydroxylation sites is 1. The van der Waals surface area contributed by atoms with Gasteiger partial charge in [-0.25, -0.2) is 4.98 Å². The molecule has 9 aromatic rings. The molecule has 5 nitrogen and oxygen atoms in total. The Labute approximate surface area is 270 Å². The van der Waals surface area contributed by atoms with Gasteiger partial charge in [-0.05, 0) is 52.6 Å². The van der Waals surface area contributed by atoms with Crippen molar-refractivity contribution in [3.63, 3.8) is 0 Å². The zero-order valence-electron chi connectivity index (χ0n) is 25.9. The van der Waals surface area contributed by atoms with Gasteiger partial charge in [0.05, 0.1) is 16.4 Å². The fourth-order valence-electron chi connectivity index (χ4n) is 7.61. The fourth-order valence-corrected chi connectivity index (χ4v) is 7.61. The number of furan rings is 1. The summed E-state index contributed by atoms with van der Waals surface area (Å²) in [4.78, 5) is 15.4. The quantitative estimate of drug-likeness (QED) is 0.201. The molecule has 3 aromatic heterocycles. The number of rotatable bonds is 3. The average Bonchev–Trinajstić information content (AvgIpc) is 3.73.